The van der Waals surface area contributed by atoms with E-state index in [1.807, 2.05) is 4.90 Å². The van der Waals surface area contributed by atoms with Crippen molar-refractivity contribution < 1.29 is 13.2 Å². The van der Waals surface area contributed by atoms with Gasteiger partial charge in [0.05, 0.1) is 4.88 Å². The number of carbonyl (C=O) groups excluding carboxylic acids is 1. The summed E-state index contributed by atoms with van der Waals surface area (Å²) in [5, 5.41) is 0. The van der Waals surface area contributed by atoms with Gasteiger partial charge >= 0.3 is 0 Å². The number of piperidine rings is 2. The quantitative estimate of drug-likeness (QED) is 0.842. The standard InChI is InChI=1S/C18H29N3O3S2/c1-13-5-8-20(9-6-13)26(23,24)17-4-3-16(25-17)18(22)21-10-7-14(2)11-15(21)12-19/h3-4,13-15H,5-12,19H2,1-2H3. The Morgan fingerprint density at radius 3 is 2.46 bits per heavy atom. The van der Waals surface area contributed by atoms with Crippen LogP contribution >= 0.6 is 11.3 Å². The lowest BCUT2D eigenvalue weighted by Crippen LogP contribution is -2.49. The van der Waals surface area contributed by atoms with Crippen LogP contribution < -0.4 is 5.73 Å². The first-order chi connectivity index (χ1) is 12.3. The topological polar surface area (TPSA) is 83.7 Å². The molecule has 26 heavy (non-hydrogen) atoms. The molecule has 0 saturated carbocycles. The molecular weight excluding hydrogens is 370 g/mol. The van der Waals surface area contributed by atoms with Crippen molar-refractivity contribution in [1.29, 1.82) is 0 Å². The average Bonchev–Trinajstić information content (AvgIpc) is 3.12. The largest absolute Gasteiger partial charge is 0.334 e. The molecule has 1 aromatic rings. The minimum Gasteiger partial charge on any atom is -0.334 e. The van der Waals surface area contributed by atoms with Crippen LogP contribution in [-0.4, -0.2) is 55.8 Å². The molecule has 0 bridgehead atoms. The number of hydrogen-bond donors (Lipinski definition) is 1. The fourth-order valence-corrected chi connectivity index (χ4v) is 6.70. The number of nitrogens with two attached hydrogens (primary N) is 1. The van der Waals surface area contributed by atoms with Crippen molar-refractivity contribution in [2.75, 3.05) is 26.2 Å². The monoisotopic (exact) mass is 399 g/mol. The summed E-state index contributed by atoms with van der Waals surface area (Å²) in [6, 6.07) is 3.27. The fourth-order valence-electron chi connectivity index (χ4n) is 3.81. The highest BCUT2D eigenvalue weighted by Gasteiger charge is 2.33. The van der Waals surface area contributed by atoms with Crippen molar-refractivity contribution in [1.82, 2.24) is 9.21 Å². The van der Waals surface area contributed by atoms with Gasteiger partial charge in [0.25, 0.3) is 15.9 Å². The molecule has 3 rings (SSSR count). The summed E-state index contributed by atoms with van der Waals surface area (Å²) in [5.41, 5.74) is 5.86. The summed E-state index contributed by atoms with van der Waals surface area (Å²) in [6.07, 6.45) is 3.65. The summed E-state index contributed by atoms with van der Waals surface area (Å²) in [7, 11) is -3.50. The van der Waals surface area contributed by atoms with E-state index in [-0.39, 0.29) is 16.2 Å². The van der Waals surface area contributed by atoms with E-state index < -0.39 is 10.0 Å². The van der Waals surface area contributed by atoms with E-state index in [9.17, 15) is 13.2 Å². The first kappa shape index (κ1) is 19.8. The third kappa shape index (κ3) is 3.98. The van der Waals surface area contributed by atoms with E-state index in [1.165, 1.54) is 0 Å². The zero-order chi connectivity index (χ0) is 18.9. The van der Waals surface area contributed by atoms with E-state index in [0.717, 1.165) is 37.0 Å². The number of nitrogens with zero attached hydrogens (tertiary/aromatic N) is 2. The van der Waals surface area contributed by atoms with Crippen LogP contribution in [0.2, 0.25) is 0 Å². The molecule has 2 unspecified atom stereocenters. The first-order valence-electron chi connectivity index (χ1n) is 9.44. The fraction of sp³-hybridized carbons (Fsp3) is 0.722. The lowest BCUT2D eigenvalue weighted by Gasteiger charge is -2.37. The van der Waals surface area contributed by atoms with Crippen LogP contribution in [-0.2, 0) is 10.0 Å². The molecule has 2 fully saturated rings. The smallest absolute Gasteiger partial charge is 0.264 e. The third-order valence-electron chi connectivity index (χ3n) is 5.64. The Morgan fingerprint density at radius 2 is 1.81 bits per heavy atom. The van der Waals surface area contributed by atoms with Gasteiger partial charge in [-0.2, -0.15) is 4.31 Å². The van der Waals surface area contributed by atoms with Crippen molar-refractivity contribution in [3.05, 3.63) is 17.0 Å². The molecule has 1 amide bonds. The van der Waals surface area contributed by atoms with Crippen molar-refractivity contribution >= 4 is 27.3 Å². The molecular formula is C18H29N3O3S2. The Balaban J connectivity index is 1.75. The van der Waals surface area contributed by atoms with Crippen molar-refractivity contribution in [2.45, 2.75) is 49.8 Å². The van der Waals surface area contributed by atoms with E-state index in [2.05, 4.69) is 13.8 Å². The van der Waals surface area contributed by atoms with E-state index in [1.54, 1.807) is 16.4 Å². The molecule has 8 heteroatoms. The predicted octanol–water partition coefficient (Wildman–Crippen LogP) is 2.37. The highest BCUT2D eigenvalue weighted by Crippen LogP contribution is 2.30. The first-order valence-corrected chi connectivity index (χ1v) is 11.7. The zero-order valence-corrected chi connectivity index (χ0v) is 17.2. The maximum Gasteiger partial charge on any atom is 0.264 e. The summed E-state index contributed by atoms with van der Waals surface area (Å²) in [5.74, 6) is 1.04. The molecule has 2 atom stereocenters. The van der Waals surface area contributed by atoms with Gasteiger partial charge in [0.15, 0.2) is 0 Å². The van der Waals surface area contributed by atoms with Crippen LogP contribution in [0.5, 0.6) is 0 Å². The van der Waals surface area contributed by atoms with Gasteiger partial charge in [-0.05, 0) is 49.7 Å². The normalized spacial score (nSPS) is 26.2. The second kappa shape index (κ2) is 7.96. The number of sulfonamides is 1. The average molecular weight is 400 g/mol. The molecule has 2 aliphatic heterocycles. The van der Waals surface area contributed by atoms with Gasteiger partial charge in [-0.1, -0.05) is 13.8 Å². The molecule has 0 aliphatic carbocycles. The zero-order valence-electron chi connectivity index (χ0n) is 15.6. The maximum absolute atomic E-state index is 12.9. The Kier molecular flexibility index (Phi) is 6.06. The second-order valence-corrected chi connectivity index (χ2v) is 11.0. The highest BCUT2D eigenvalue weighted by atomic mass is 32.2. The summed E-state index contributed by atoms with van der Waals surface area (Å²) in [6.45, 7) is 6.58. The van der Waals surface area contributed by atoms with Crippen molar-refractivity contribution in [2.24, 2.45) is 17.6 Å². The van der Waals surface area contributed by atoms with Gasteiger partial charge in [0, 0.05) is 32.2 Å². The van der Waals surface area contributed by atoms with Crippen LogP contribution in [0.1, 0.15) is 49.2 Å². The van der Waals surface area contributed by atoms with Crippen LogP contribution in [0.25, 0.3) is 0 Å². The summed E-state index contributed by atoms with van der Waals surface area (Å²) >= 11 is 1.09. The van der Waals surface area contributed by atoms with E-state index in [0.29, 0.717) is 42.9 Å². The molecule has 1 aromatic heterocycles. The van der Waals surface area contributed by atoms with Gasteiger partial charge in [-0.25, -0.2) is 8.42 Å². The van der Waals surface area contributed by atoms with E-state index >= 15 is 0 Å². The van der Waals surface area contributed by atoms with Crippen LogP contribution in [0.4, 0.5) is 0 Å². The second-order valence-electron chi connectivity index (χ2n) is 7.72. The SMILES string of the molecule is CC1CCN(S(=O)(=O)c2ccc(C(=O)N3CCC(C)CC3CN)s2)CC1. The Hall–Kier alpha value is -0.960. The predicted molar refractivity (Wildman–Crippen MR) is 104 cm³/mol. The van der Waals surface area contributed by atoms with Crippen LogP contribution in [0.15, 0.2) is 16.3 Å². The van der Waals surface area contributed by atoms with Gasteiger partial charge < -0.3 is 10.6 Å². The van der Waals surface area contributed by atoms with Crippen molar-refractivity contribution in [3.63, 3.8) is 0 Å². The lowest BCUT2D eigenvalue weighted by atomic mass is 9.92. The molecule has 3 heterocycles. The van der Waals surface area contributed by atoms with Gasteiger partial charge in [0.1, 0.15) is 4.21 Å². The molecule has 0 aromatic carbocycles. The van der Waals surface area contributed by atoms with Gasteiger partial charge in [-0.15, -0.1) is 11.3 Å². The van der Waals surface area contributed by atoms with Crippen LogP contribution in [0.3, 0.4) is 0 Å². The molecule has 2 N–H and O–H groups in total. The molecule has 0 spiro atoms. The number of likely N-dealkylation sites (tertiary alicyclic amines) is 1. The third-order valence-corrected chi connectivity index (χ3v) is 9.08. The van der Waals surface area contributed by atoms with Crippen LogP contribution in [0, 0.1) is 11.8 Å². The Morgan fingerprint density at radius 1 is 1.15 bits per heavy atom. The molecule has 2 saturated heterocycles. The number of rotatable bonds is 4. The Bertz CT molecular complexity index is 739. The number of carbonyl (C=O) groups is 1. The van der Waals surface area contributed by atoms with Crippen molar-refractivity contribution in [3.8, 4) is 0 Å². The molecule has 0 radical (unpaired) electrons. The summed E-state index contributed by atoms with van der Waals surface area (Å²) in [4.78, 5) is 15.2. The highest BCUT2D eigenvalue weighted by molar-refractivity contribution is 7.91. The molecule has 6 nitrogen and oxygen atoms in total. The molecule has 2 aliphatic rings. The minimum absolute atomic E-state index is 0.0389. The lowest BCUT2D eigenvalue weighted by molar-refractivity contribution is 0.0578. The number of hydrogen-bond acceptors (Lipinski definition) is 5. The number of amides is 1. The molecule has 146 valence electrons. The van der Waals surface area contributed by atoms with Gasteiger partial charge in [0.2, 0.25) is 0 Å². The van der Waals surface area contributed by atoms with E-state index in [4.69, 9.17) is 5.73 Å². The minimum atomic E-state index is -3.50. The number of thiophene rings is 1. The Labute approximate surface area is 160 Å². The summed E-state index contributed by atoms with van der Waals surface area (Å²) < 4.78 is 27.5. The maximum atomic E-state index is 12.9. The van der Waals surface area contributed by atoms with Gasteiger partial charge in [-0.3, -0.25) is 4.79 Å².